The average Bonchev–Trinajstić information content (AvgIpc) is 3.23. The molecule has 0 spiro atoms. The minimum Gasteiger partial charge on any atom is -0.481 e. The molecule has 1 saturated carbocycles. The predicted molar refractivity (Wildman–Crippen MR) is 123 cm³/mol. The molecule has 10 heteroatoms. The van der Waals surface area contributed by atoms with Gasteiger partial charge in [0.25, 0.3) is 5.92 Å². The Hall–Kier alpha value is -3.14. The third-order valence-electron chi connectivity index (χ3n) is 6.08. The molecule has 3 N–H and O–H groups in total. The van der Waals surface area contributed by atoms with Crippen LogP contribution < -0.4 is 10.6 Å². The second kappa shape index (κ2) is 10.0. The molecule has 180 valence electrons. The van der Waals surface area contributed by atoms with E-state index in [1.807, 2.05) is 36.4 Å². The first-order chi connectivity index (χ1) is 16.3. The van der Waals surface area contributed by atoms with Crippen LogP contribution in [0.5, 0.6) is 0 Å². The van der Waals surface area contributed by atoms with E-state index >= 15 is 0 Å². The van der Waals surface area contributed by atoms with Crippen molar-refractivity contribution in [3.8, 4) is 11.1 Å². The number of carboxylic acid groups (broad SMARTS) is 1. The number of amides is 2. The Morgan fingerprint density at radius 3 is 2.21 bits per heavy atom. The van der Waals surface area contributed by atoms with Crippen LogP contribution in [0.4, 0.5) is 13.6 Å². The average molecular weight is 491 g/mol. The summed E-state index contributed by atoms with van der Waals surface area (Å²) < 4.78 is 32.0. The third-order valence-corrected chi connectivity index (χ3v) is 7.04. The quantitative estimate of drug-likeness (QED) is 0.442. The number of carbonyl (C=O) groups excluding carboxylic acids is 2. The topological polar surface area (TPSA) is 105 Å². The van der Waals surface area contributed by atoms with Gasteiger partial charge in [-0.2, -0.15) is 11.8 Å². The number of hydrogen-bond acceptors (Lipinski definition) is 5. The summed E-state index contributed by atoms with van der Waals surface area (Å²) in [6, 6.07) is 16.1. The second-order valence-electron chi connectivity index (χ2n) is 8.21. The first-order valence-corrected chi connectivity index (χ1v) is 12.0. The van der Waals surface area contributed by atoms with Crippen LogP contribution in [-0.2, 0) is 14.3 Å². The molecule has 2 aromatic carbocycles. The summed E-state index contributed by atoms with van der Waals surface area (Å²) in [4.78, 5) is 34.6. The molecule has 2 aliphatic carbocycles. The van der Waals surface area contributed by atoms with Crippen LogP contribution in [0.1, 0.15) is 17.0 Å². The van der Waals surface area contributed by atoms with Crippen LogP contribution in [0.2, 0.25) is 0 Å². The minimum absolute atomic E-state index is 0.0163. The molecule has 34 heavy (non-hydrogen) atoms. The van der Waals surface area contributed by atoms with Gasteiger partial charge in [-0.25, -0.2) is 13.6 Å². The van der Waals surface area contributed by atoms with E-state index in [0.717, 1.165) is 22.3 Å². The van der Waals surface area contributed by atoms with Crippen LogP contribution >= 0.6 is 11.8 Å². The van der Waals surface area contributed by atoms with Crippen molar-refractivity contribution in [1.82, 2.24) is 10.6 Å². The Morgan fingerprint density at radius 2 is 1.62 bits per heavy atom. The minimum atomic E-state index is -3.28. The van der Waals surface area contributed by atoms with Gasteiger partial charge in [-0.1, -0.05) is 48.5 Å². The number of hydrogen-bond donors (Lipinski definition) is 3. The number of benzene rings is 2. The van der Waals surface area contributed by atoms with Crippen molar-refractivity contribution in [2.75, 3.05) is 31.2 Å². The van der Waals surface area contributed by atoms with Crippen molar-refractivity contribution in [2.24, 2.45) is 11.8 Å². The Bertz CT molecular complexity index is 1050. The highest BCUT2D eigenvalue weighted by molar-refractivity contribution is 7.99. The highest BCUT2D eigenvalue weighted by Gasteiger charge is 2.72. The van der Waals surface area contributed by atoms with Gasteiger partial charge in [0.2, 0.25) is 5.91 Å². The number of alkyl halides is 2. The van der Waals surface area contributed by atoms with E-state index in [1.165, 1.54) is 11.8 Å². The van der Waals surface area contributed by atoms with E-state index in [4.69, 9.17) is 9.84 Å². The number of carbonyl (C=O) groups is 3. The largest absolute Gasteiger partial charge is 0.481 e. The summed E-state index contributed by atoms with van der Waals surface area (Å²) in [5, 5.41) is 13.7. The van der Waals surface area contributed by atoms with Crippen molar-refractivity contribution in [3.63, 3.8) is 0 Å². The highest BCUT2D eigenvalue weighted by Crippen LogP contribution is 2.54. The number of halogens is 2. The molecule has 0 saturated heterocycles. The number of ether oxygens (including phenoxy) is 1. The third kappa shape index (κ3) is 5.01. The lowest BCUT2D eigenvalue weighted by atomic mass is 9.98. The number of carboxylic acids is 1. The van der Waals surface area contributed by atoms with Crippen molar-refractivity contribution < 1.29 is 33.0 Å². The molecule has 0 radical (unpaired) electrons. The van der Waals surface area contributed by atoms with Crippen LogP contribution in [0.15, 0.2) is 48.5 Å². The number of fused-ring (bicyclic) bond motifs is 3. The maximum atomic E-state index is 13.3. The zero-order valence-electron chi connectivity index (χ0n) is 18.1. The second-order valence-corrected chi connectivity index (χ2v) is 9.31. The molecule has 0 aromatic heterocycles. The monoisotopic (exact) mass is 490 g/mol. The van der Waals surface area contributed by atoms with E-state index in [0.29, 0.717) is 5.75 Å². The molecule has 0 unspecified atom stereocenters. The van der Waals surface area contributed by atoms with Crippen LogP contribution in [0, 0.1) is 11.8 Å². The van der Waals surface area contributed by atoms with Gasteiger partial charge in [-0.3, -0.25) is 9.59 Å². The van der Waals surface area contributed by atoms with Crippen molar-refractivity contribution in [2.45, 2.75) is 11.8 Å². The lowest BCUT2D eigenvalue weighted by Crippen LogP contribution is -2.30. The fourth-order valence-corrected chi connectivity index (χ4v) is 4.97. The van der Waals surface area contributed by atoms with Crippen LogP contribution in [0.3, 0.4) is 0 Å². The van der Waals surface area contributed by atoms with E-state index in [2.05, 4.69) is 22.8 Å². The Kier molecular flexibility index (Phi) is 7.06. The molecule has 4 rings (SSSR count). The number of alkyl carbamates (subject to hydrolysis) is 1. The van der Waals surface area contributed by atoms with Gasteiger partial charge in [0.05, 0.1) is 11.7 Å². The van der Waals surface area contributed by atoms with Gasteiger partial charge in [0, 0.05) is 24.8 Å². The fourth-order valence-electron chi connectivity index (χ4n) is 4.30. The molecule has 7 nitrogen and oxygen atoms in total. The summed E-state index contributed by atoms with van der Waals surface area (Å²) in [6.45, 7) is 0.107. The Balaban J connectivity index is 1.12. The molecule has 0 bridgehead atoms. The van der Waals surface area contributed by atoms with Gasteiger partial charge < -0.3 is 20.5 Å². The highest BCUT2D eigenvalue weighted by atomic mass is 32.2. The zero-order valence-corrected chi connectivity index (χ0v) is 18.9. The molecule has 0 heterocycles. The predicted octanol–water partition coefficient (Wildman–Crippen LogP) is 3.34. The molecule has 2 aliphatic rings. The molecule has 1 fully saturated rings. The first kappa shape index (κ1) is 24.0. The summed E-state index contributed by atoms with van der Waals surface area (Å²) in [6.07, 6.45) is -0.553. The van der Waals surface area contributed by atoms with E-state index in [1.54, 1.807) is 0 Å². The van der Waals surface area contributed by atoms with Crippen molar-refractivity contribution in [1.29, 1.82) is 0 Å². The maximum absolute atomic E-state index is 13.3. The van der Waals surface area contributed by atoms with E-state index in [-0.39, 0.29) is 31.4 Å². The molecular formula is C24H24F2N2O5S. The standard InChI is InChI=1S/C24H24F2N2O5S/c25-24(26)19(21(24)22(30)31)11-28-20(29)13-34-10-9-27-23(32)33-12-18-16-7-3-1-5-14(16)15-6-2-4-8-17(15)18/h1-8,18-19,21H,9-13H2,(H,27,32)(H,28,29)(H,30,31)/t19-,21-/m0/s1. The molecular weight excluding hydrogens is 466 g/mol. The zero-order chi connectivity index (χ0) is 24.3. The normalized spacial score (nSPS) is 19.6. The maximum Gasteiger partial charge on any atom is 0.407 e. The molecule has 2 atom stereocenters. The van der Waals surface area contributed by atoms with Crippen LogP contribution in [-0.4, -0.2) is 60.2 Å². The lowest BCUT2D eigenvalue weighted by Gasteiger charge is -2.14. The van der Waals surface area contributed by atoms with Gasteiger partial charge in [-0.05, 0) is 22.3 Å². The Labute approximate surface area is 199 Å². The van der Waals surface area contributed by atoms with Gasteiger partial charge in [0.1, 0.15) is 12.5 Å². The van der Waals surface area contributed by atoms with Crippen LogP contribution in [0.25, 0.3) is 11.1 Å². The fraction of sp³-hybridized carbons (Fsp3) is 0.375. The molecule has 0 aliphatic heterocycles. The molecule has 2 aromatic rings. The van der Waals surface area contributed by atoms with Gasteiger partial charge >= 0.3 is 12.1 Å². The Morgan fingerprint density at radius 1 is 1.00 bits per heavy atom. The summed E-state index contributed by atoms with van der Waals surface area (Å²) in [7, 11) is 0. The number of rotatable bonds is 10. The van der Waals surface area contributed by atoms with E-state index < -0.39 is 35.7 Å². The number of aliphatic carboxylic acids is 1. The summed E-state index contributed by atoms with van der Waals surface area (Å²) in [5.74, 6) is -7.99. The van der Waals surface area contributed by atoms with Crippen molar-refractivity contribution >= 4 is 29.7 Å². The lowest BCUT2D eigenvalue weighted by molar-refractivity contribution is -0.141. The van der Waals surface area contributed by atoms with Gasteiger partial charge in [-0.15, -0.1) is 0 Å². The summed E-state index contributed by atoms with van der Waals surface area (Å²) in [5.41, 5.74) is 4.53. The SMILES string of the molecule is O=C(CSCCNC(=O)OCC1c2ccccc2-c2ccccc21)NC[C@H]1[C@@H](C(=O)O)C1(F)F. The van der Waals surface area contributed by atoms with E-state index in [9.17, 15) is 23.2 Å². The summed E-state index contributed by atoms with van der Waals surface area (Å²) >= 11 is 1.22. The van der Waals surface area contributed by atoms with Gasteiger partial charge in [0.15, 0.2) is 0 Å². The smallest absolute Gasteiger partial charge is 0.407 e. The number of thioether (sulfide) groups is 1. The number of nitrogens with one attached hydrogen (secondary N) is 2. The van der Waals surface area contributed by atoms with Crippen molar-refractivity contribution in [3.05, 3.63) is 59.7 Å². The first-order valence-electron chi connectivity index (χ1n) is 10.8. The molecule has 2 amide bonds.